The lowest BCUT2D eigenvalue weighted by Crippen LogP contribution is -2.48. The van der Waals surface area contributed by atoms with Gasteiger partial charge in [-0.2, -0.15) is 0 Å². The van der Waals surface area contributed by atoms with E-state index in [0.29, 0.717) is 12.6 Å². The fourth-order valence-corrected chi connectivity index (χ4v) is 2.40. The second-order valence-corrected chi connectivity index (χ2v) is 5.63. The van der Waals surface area contributed by atoms with Gasteiger partial charge in [-0.25, -0.2) is 0 Å². The summed E-state index contributed by atoms with van der Waals surface area (Å²) in [4.78, 5) is 2.39. The highest BCUT2D eigenvalue weighted by molar-refractivity contribution is 5.46. The summed E-state index contributed by atoms with van der Waals surface area (Å²) in [7, 11) is 0. The van der Waals surface area contributed by atoms with Crippen molar-refractivity contribution in [3.8, 4) is 0 Å². The number of nitrogens with one attached hydrogen (secondary N) is 1. The second kappa shape index (κ2) is 6.37. The largest absolute Gasteiger partial charge is 0.393 e. The van der Waals surface area contributed by atoms with E-state index in [-0.39, 0.29) is 6.61 Å². The molecule has 1 aromatic rings. The predicted molar refractivity (Wildman–Crippen MR) is 77.4 cm³/mol. The van der Waals surface area contributed by atoms with Gasteiger partial charge in [0.1, 0.15) is 0 Å². The van der Waals surface area contributed by atoms with Crippen LogP contribution in [0.4, 0.5) is 5.69 Å². The molecule has 106 valence electrons. The Kier molecular flexibility index (Phi) is 4.80. The number of piperidine rings is 1. The summed E-state index contributed by atoms with van der Waals surface area (Å²) in [6, 6.07) is 10.9. The third-order valence-corrected chi connectivity index (χ3v) is 3.73. The van der Waals surface area contributed by atoms with Gasteiger partial charge in [0.15, 0.2) is 0 Å². The minimum Gasteiger partial charge on any atom is -0.393 e. The van der Waals surface area contributed by atoms with Crippen molar-refractivity contribution in [3.05, 3.63) is 30.3 Å². The molecular formula is C15H24N2O2. The summed E-state index contributed by atoms with van der Waals surface area (Å²) in [5.74, 6) is 0. The number of nitrogens with zero attached hydrogens (tertiary/aromatic N) is 1. The minimum atomic E-state index is -1.02. The van der Waals surface area contributed by atoms with E-state index < -0.39 is 5.60 Å². The van der Waals surface area contributed by atoms with E-state index in [1.54, 1.807) is 6.92 Å². The monoisotopic (exact) mass is 264 g/mol. The van der Waals surface area contributed by atoms with Gasteiger partial charge in [0.05, 0.1) is 12.2 Å². The van der Waals surface area contributed by atoms with Gasteiger partial charge in [-0.1, -0.05) is 18.2 Å². The molecule has 1 aliphatic rings. The number of hydrogen-bond acceptors (Lipinski definition) is 4. The zero-order valence-corrected chi connectivity index (χ0v) is 11.5. The lowest BCUT2D eigenvalue weighted by atomic mass is 10.0. The fourth-order valence-electron chi connectivity index (χ4n) is 2.40. The fraction of sp³-hybridized carbons (Fsp3) is 0.600. The molecular weight excluding hydrogens is 240 g/mol. The van der Waals surface area contributed by atoms with Crippen LogP contribution in [0.3, 0.4) is 0 Å². The Morgan fingerprint density at radius 3 is 2.47 bits per heavy atom. The molecule has 0 spiro atoms. The van der Waals surface area contributed by atoms with Crippen molar-refractivity contribution in [1.29, 1.82) is 0 Å². The lowest BCUT2D eigenvalue weighted by Gasteiger charge is -2.35. The van der Waals surface area contributed by atoms with Crippen LogP contribution in [0.15, 0.2) is 30.3 Å². The van der Waals surface area contributed by atoms with Crippen molar-refractivity contribution in [2.75, 3.05) is 31.1 Å². The first-order valence-electron chi connectivity index (χ1n) is 6.97. The molecule has 1 aliphatic heterocycles. The average molecular weight is 264 g/mol. The van der Waals surface area contributed by atoms with Crippen LogP contribution in [-0.2, 0) is 0 Å². The normalized spacial score (nSPS) is 20.3. The molecule has 3 N–H and O–H groups in total. The van der Waals surface area contributed by atoms with Crippen molar-refractivity contribution < 1.29 is 10.2 Å². The standard InChI is InChI=1S/C15H24N2O2/c1-15(19,12-18)11-16-13-7-9-17(10-8-13)14-5-3-2-4-6-14/h2-6,13,16,18-19H,7-12H2,1H3. The SMILES string of the molecule is CC(O)(CO)CNC1CCN(c2ccccc2)CC1. The van der Waals surface area contributed by atoms with Crippen LogP contribution < -0.4 is 10.2 Å². The Labute approximate surface area is 115 Å². The number of hydrogen-bond donors (Lipinski definition) is 3. The molecule has 1 fully saturated rings. The molecule has 1 unspecified atom stereocenters. The predicted octanol–water partition coefficient (Wildman–Crippen LogP) is 0.988. The Hall–Kier alpha value is -1.10. The zero-order chi connectivity index (χ0) is 13.7. The van der Waals surface area contributed by atoms with Crippen LogP contribution in [0.1, 0.15) is 19.8 Å². The van der Waals surface area contributed by atoms with Crippen molar-refractivity contribution in [1.82, 2.24) is 5.32 Å². The summed E-state index contributed by atoms with van der Waals surface area (Å²) in [6.07, 6.45) is 2.13. The highest BCUT2D eigenvalue weighted by atomic mass is 16.3. The van der Waals surface area contributed by atoms with E-state index in [1.165, 1.54) is 5.69 Å². The van der Waals surface area contributed by atoms with E-state index in [4.69, 9.17) is 5.11 Å². The molecule has 0 radical (unpaired) electrons. The smallest absolute Gasteiger partial charge is 0.0972 e. The van der Waals surface area contributed by atoms with E-state index in [2.05, 4.69) is 34.5 Å². The van der Waals surface area contributed by atoms with Crippen molar-refractivity contribution >= 4 is 5.69 Å². The van der Waals surface area contributed by atoms with Crippen LogP contribution in [0.2, 0.25) is 0 Å². The van der Waals surface area contributed by atoms with Gasteiger partial charge in [-0.05, 0) is 31.9 Å². The van der Waals surface area contributed by atoms with E-state index in [0.717, 1.165) is 25.9 Å². The second-order valence-electron chi connectivity index (χ2n) is 5.63. The quantitative estimate of drug-likeness (QED) is 0.742. The minimum absolute atomic E-state index is 0.205. The van der Waals surface area contributed by atoms with Gasteiger partial charge in [0, 0.05) is 31.4 Å². The van der Waals surface area contributed by atoms with Crippen LogP contribution in [0, 0.1) is 0 Å². The highest BCUT2D eigenvalue weighted by Crippen LogP contribution is 2.19. The third kappa shape index (κ3) is 4.20. The maximum atomic E-state index is 9.76. The van der Waals surface area contributed by atoms with E-state index in [9.17, 15) is 5.11 Å². The van der Waals surface area contributed by atoms with Crippen molar-refractivity contribution in [2.45, 2.75) is 31.4 Å². The van der Waals surface area contributed by atoms with Gasteiger partial charge in [-0.3, -0.25) is 0 Å². The number of para-hydroxylation sites is 1. The molecule has 0 aromatic heterocycles. The maximum absolute atomic E-state index is 9.76. The first-order valence-corrected chi connectivity index (χ1v) is 6.97. The van der Waals surface area contributed by atoms with Gasteiger partial charge >= 0.3 is 0 Å². The molecule has 1 atom stereocenters. The molecule has 1 aromatic carbocycles. The average Bonchev–Trinajstić information content (AvgIpc) is 2.47. The molecule has 1 saturated heterocycles. The van der Waals surface area contributed by atoms with Gasteiger partial charge in [0.2, 0.25) is 0 Å². The van der Waals surface area contributed by atoms with Crippen LogP contribution in [0.25, 0.3) is 0 Å². The summed E-state index contributed by atoms with van der Waals surface area (Å²) in [5.41, 5.74) is 0.264. The number of rotatable bonds is 5. The topological polar surface area (TPSA) is 55.7 Å². The maximum Gasteiger partial charge on any atom is 0.0972 e. The van der Waals surface area contributed by atoms with E-state index in [1.807, 2.05) is 6.07 Å². The van der Waals surface area contributed by atoms with Crippen LogP contribution in [-0.4, -0.2) is 48.1 Å². The highest BCUT2D eigenvalue weighted by Gasteiger charge is 2.23. The Balaban J connectivity index is 1.77. The van der Waals surface area contributed by atoms with Crippen molar-refractivity contribution in [2.24, 2.45) is 0 Å². The number of aliphatic hydroxyl groups excluding tert-OH is 1. The molecule has 4 nitrogen and oxygen atoms in total. The van der Waals surface area contributed by atoms with Crippen molar-refractivity contribution in [3.63, 3.8) is 0 Å². The molecule has 2 rings (SSSR count). The molecule has 0 saturated carbocycles. The first-order chi connectivity index (χ1) is 9.11. The molecule has 19 heavy (non-hydrogen) atoms. The van der Waals surface area contributed by atoms with Gasteiger partial charge < -0.3 is 20.4 Å². The number of benzene rings is 1. The van der Waals surface area contributed by atoms with Gasteiger partial charge in [0.25, 0.3) is 0 Å². The Bertz CT molecular complexity index is 373. The van der Waals surface area contributed by atoms with Gasteiger partial charge in [-0.15, -0.1) is 0 Å². The first kappa shape index (κ1) is 14.3. The molecule has 4 heteroatoms. The molecule has 1 heterocycles. The number of aliphatic hydroxyl groups is 2. The molecule has 0 aliphatic carbocycles. The Morgan fingerprint density at radius 2 is 1.89 bits per heavy atom. The summed E-state index contributed by atoms with van der Waals surface area (Å²) < 4.78 is 0. The summed E-state index contributed by atoms with van der Waals surface area (Å²) >= 11 is 0. The number of anilines is 1. The third-order valence-electron chi connectivity index (χ3n) is 3.73. The zero-order valence-electron chi connectivity index (χ0n) is 11.5. The summed E-state index contributed by atoms with van der Waals surface area (Å²) in [6.45, 7) is 3.95. The molecule has 0 amide bonds. The summed E-state index contributed by atoms with van der Waals surface area (Å²) in [5, 5.41) is 22.1. The molecule has 0 bridgehead atoms. The Morgan fingerprint density at radius 1 is 1.26 bits per heavy atom. The van der Waals surface area contributed by atoms with Crippen LogP contribution in [0.5, 0.6) is 0 Å². The van der Waals surface area contributed by atoms with E-state index >= 15 is 0 Å². The lowest BCUT2D eigenvalue weighted by molar-refractivity contribution is 0.000215. The van der Waals surface area contributed by atoms with Crippen LogP contribution >= 0.6 is 0 Å².